The van der Waals surface area contributed by atoms with Crippen molar-refractivity contribution in [3.8, 4) is 0 Å². The monoisotopic (exact) mass is 488 g/mol. The maximum absolute atomic E-state index is 13.3. The molecule has 3 aliphatic heterocycles. The van der Waals surface area contributed by atoms with Crippen LogP contribution in [0.15, 0.2) is 24.3 Å². The largest absolute Gasteiger partial charge is 0.479 e. The highest BCUT2D eigenvalue weighted by Gasteiger charge is 2.62. The zero-order chi connectivity index (χ0) is 25.5. The predicted molar refractivity (Wildman–Crippen MR) is 125 cm³/mol. The van der Waals surface area contributed by atoms with Crippen molar-refractivity contribution < 1.29 is 39.5 Å². The van der Waals surface area contributed by atoms with Crippen LogP contribution in [0.3, 0.4) is 0 Å². The zero-order valence-electron chi connectivity index (χ0n) is 19.8. The second-order valence-electron chi connectivity index (χ2n) is 9.72. The van der Waals surface area contributed by atoms with Gasteiger partial charge in [0.15, 0.2) is 12.2 Å². The number of para-hydroxylation sites is 1. The molecule has 4 bridgehead atoms. The molecular formula is C25H32N2O8. The third-order valence-corrected chi connectivity index (χ3v) is 7.87. The fourth-order valence-electron chi connectivity index (χ4n) is 6.54. The van der Waals surface area contributed by atoms with E-state index in [1.54, 1.807) is 7.11 Å². The highest BCUT2D eigenvalue weighted by Crippen LogP contribution is 2.55. The lowest BCUT2D eigenvalue weighted by molar-refractivity contribution is -0.165. The molecule has 2 saturated heterocycles. The molecule has 7 atom stereocenters. The minimum atomic E-state index is -2.27. The summed E-state index contributed by atoms with van der Waals surface area (Å²) < 4.78 is 5.43. The lowest BCUT2D eigenvalue weighted by atomic mass is 9.56. The van der Waals surface area contributed by atoms with Crippen LogP contribution in [0.4, 0.5) is 0 Å². The minimum absolute atomic E-state index is 0.0416. The number of carboxylic acid groups (broad SMARTS) is 2. The summed E-state index contributed by atoms with van der Waals surface area (Å²) in [5.74, 6) is -2.42. The van der Waals surface area contributed by atoms with Gasteiger partial charge in [-0.1, -0.05) is 31.5 Å². The van der Waals surface area contributed by atoms with Gasteiger partial charge in [-0.05, 0) is 42.7 Å². The Bertz CT molecular complexity index is 1110. The van der Waals surface area contributed by atoms with Crippen LogP contribution in [0.2, 0.25) is 0 Å². The van der Waals surface area contributed by atoms with Crippen molar-refractivity contribution >= 4 is 28.8 Å². The molecule has 35 heavy (non-hydrogen) atoms. The van der Waals surface area contributed by atoms with Gasteiger partial charge in [0.25, 0.3) is 0 Å². The van der Waals surface area contributed by atoms with Crippen molar-refractivity contribution in [3.63, 3.8) is 0 Å². The minimum Gasteiger partial charge on any atom is -0.479 e. The zero-order valence-corrected chi connectivity index (χ0v) is 19.8. The summed E-state index contributed by atoms with van der Waals surface area (Å²) in [6.07, 6.45) is -0.206. The number of carboxylic acids is 2. The normalized spacial score (nSPS) is 30.3. The van der Waals surface area contributed by atoms with Crippen molar-refractivity contribution in [2.45, 2.75) is 56.3 Å². The van der Waals surface area contributed by atoms with Crippen LogP contribution in [-0.2, 0) is 31.0 Å². The third-order valence-electron chi connectivity index (χ3n) is 7.87. The molecule has 2 aromatic rings. The smallest absolute Gasteiger partial charge is 0.335 e. The Balaban J connectivity index is 0.000000248. The summed E-state index contributed by atoms with van der Waals surface area (Å²) in [5, 5.41) is 33.8. The molecule has 4 aliphatic rings. The van der Waals surface area contributed by atoms with Gasteiger partial charge in [0.05, 0.1) is 7.11 Å². The average Bonchev–Trinajstić information content (AvgIpc) is 3.20. The number of nitrogens with one attached hydrogen (secondary N) is 1. The number of rotatable bonds is 5. The van der Waals surface area contributed by atoms with Crippen molar-refractivity contribution in [3.05, 3.63) is 35.5 Å². The predicted octanol–water partition coefficient (Wildman–Crippen LogP) is 1.13. The number of methoxy groups -OCH3 is 1. The van der Waals surface area contributed by atoms with Crippen LogP contribution in [0.25, 0.3) is 10.9 Å². The first-order valence-electron chi connectivity index (χ1n) is 11.9. The Hall–Kier alpha value is -2.95. The van der Waals surface area contributed by atoms with Gasteiger partial charge < -0.3 is 30.1 Å². The summed E-state index contributed by atoms with van der Waals surface area (Å²) in [6.45, 7) is 4.46. The molecule has 1 aromatic heterocycles. The Morgan fingerprint density at radius 2 is 1.83 bits per heavy atom. The number of carbonyl (C=O) groups is 3. The van der Waals surface area contributed by atoms with Crippen molar-refractivity contribution in [1.82, 2.24) is 9.88 Å². The number of hydrogen-bond acceptors (Lipinski definition) is 7. The van der Waals surface area contributed by atoms with E-state index in [9.17, 15) is 14.4 Å². The number of carbonyl (C=O) groups excluding carboxylic acids is 1. The summed E-state index contributed by atoms with van der Waals surface area (Å²) in [6, 6.07) is 8.75. The second-order valence-corrected chi connectivity index (χ2v) is 9.72. The van der Waals surface area contributed by atoms with E-state index in [2.05, 4.69) is 41.1 Å². The van der Waals surface area contributed by atoms with Crippen molar-refractivity contribution in [2.75, 3.05) is 20.2 Å². The fraction of sp³-hybridized carbons (Fsp3) is 0.560. The number of nitrogens with zero attached hydrogens (tertiary/aromatic N) is 1. The van der Waals surface area contributed by atoms with E-state index in [0.717, 1.165) is 43.6 Å². The van der Waals surface area contributed by atoms with Gasteiger partial charge in [0.1, 0.15) is 5.41 Å². The molecule has 1 saturated carbocycles. The summed E-state index contributed by atoms with van der Waals surface area (Å²) in [4.78, 5) is 39.1. The number of aliphatic hydroxyl groups excluding tert-OH is 2. The SMILES string of the molecule is CCC1CC2CN3CCc4c([nH]c5ccccc45)C(C(=O)OC)(C2)C13.O=C(O)C(O)C(O)C(=O)O. The number of benzene rings is 1. The molecule has 0 amide bonds. The number of aromatic nitrogens is 1. The van der Waals surface area contributed by atoms with E-state index in [4.69, 9.17) is 25.2 Å². The Morgan fingerprint density at radius 3 is 2.43 bits per heavy atom. The molecule has 0 spiro atoms. The Labute approximate surface area is 202 Å². The second kappa shape index (κ2) is 9.60. The highest BCUT2D eigenvalue weighted by molar-refractivity contribution is 5.91. The number of aliphatic hydroxyl groups is 2. The van der Waals surface area contributed by atoms with Gasteiger partial charge in [0.2, 0.25) is 0 Å². The van der Waals surface area contributed by atoms with E-state index in [1.165, 1.54) is 17.4 Å². The molecule has 4 heterocycles. The van der Waals surface area contributed by atoms with Crippen LogP contribution >= 0.6 is 0 Å². The number of esters is 1. The third kappa shape index (κ3) is 4.09. The highest BCUT2D eigenvalue weighted by atomic mass is 16.5. The van der Waals surface area contributed by atoms with Crippen LogP contribution in [0.5, 0.6) is 0 Å². The lowest BCUT2D eigenvalue weighted by Crippen LogP contribution is -2.67. The van der Waals surface area contributed by atoms with Gasteiger partial charge in [-0.3, -0.25) is 9.69 Å². The molecule has 10 heteroatoms. The number of H-pyrrole nitrogens is 1. The topological polar surface area (TPSA) is 160 Å². The Kier molecular flexibility index (Phi) is 6.90. The molecule has 190 valence electrons. The van der Waals surface area contributed by atoms with E-state index in [-0.39, 0.29) is 12.0 Å². The molecule has 6 rings (SSSR count). The maximum Gasteiger partial charge on any atom is 0.335 e. The van der Waals surface area contributed by atoms with Gasteiger partial charge in [-0.15, -0.1) is 0 Å². The van der Waals surface area contributed by atoms with E-state index in [1.807, 2.05) is 0 Å². The molecule has 1 aliphatic carbocycles. The quantitative estimate of drug-likeness (QED) is 0.389. The van der Waals surface area contributed by atoms with Gasteiger partial charge in [0, 0.05) is 35.7 Å². The molecule has 0 radical (unpaired) electrons. The lowest BCUT2D eigenvalue weighted by Gasteiger charge is -2.57. The van der Waals surface area contributed by atoms with Crippen LogP contribution < -0.4 is 0 Å². The maximum atomic E-state index is 13.3. The van der Waals surface area contributed by atoms with Crippen LogP contribution in [0, 0.1) is 11.8 Å². The number of piperidine rings is 2. The molecule has 7 unspecified atom stereocenters. The molecule has 3 fully saturated rings. The van der Waals surface area contributed by atoms with E-state index in [0.29, 0.717) is 11.8 Å². The molecule has 1 aromatic carbocycles. The summed E-state index contributed by atoms with van der Waals surface area (Å²) >= 11 is 0. The number of aliphatic carboxylic acids is 2. The first-order chi connectivity index (χ1) is 16.6. The fourth-order valence-corrected chi connectivity index (χ4v) is 6.54. The number of fused-ring (bicyclic) bond motifs is 4. The van der Waals surface area contributed by atoms with Crippen molar-refractivity contribution in [2.24, 2.45) is 11.8 Å². The number of hydrogen-bond donors (Lipinski definition) is 5. The molecular weight excluding hydrogens is 456 g/mol. The summed E-state index contributed by atoms with van der Waals surface area (Å²) in [7, 11) is 1.55. The number of ether oxygens (including phenoxy) is 1. The standard InChI is InChI=1S/C21H26N2O2.C4H6O6/c1-3-14-10-13-11-21(20(24)25-2)18-16(8-9-23(12-13)19(14)21)15-6-4-5-7-17(15)22-18;5-1(3(7)8)2(6)4(9)10/h4-7,13-14,19,22H,3,8-12H2,1-2H3;1-2,5-6H,(H,7,8)(H,9,10). The first kappa shape index (κ1) is 25.2. The first-order valence-corrected chi connectivity index (χ1v) is 11.9. The molecule has 5 N–H and O–H groups in total. The van der Waals surface area contributed by atoms with Crippen LogP contribution in [-0.4, -0.2) is 86.7 Å². The van der Waals surface area contributed by atoms with Crippen molar-refractivity contribution in [1.29, 1.82) is 0 Å². The molecule has 10 nitrogen and oxygen atoms in total. The average molecular weight is 489 g/mol. The summed E-state index contributed by atoms with van der Waals surface area (Å²) in [5.41, 5.74) is 3.11. The Morgan fingerprint density at radius 1 is 1.17 bits per heavy atom. The van der Waals surface area contributed by atoms with E-state index < -0.39 is 29.6 Å². The van der Waals surface area contributed by atoms with E-state index >= 15 is 0 Å². The van der Waals surface area contributed by atoms with Gasteiger partial charge in [-0.2, -0.15) is 0 Å². The van der Waals surface area contributed by atoms with Crippen LogP contribution in [0.1, 0.15) is 37.4 Å². The van der Waals surface area contributed by atoms with Gasteiger partial charge >= 0.3 is 17.9 Å². The van der Waals surface area contributed by atoms with Gasteiger partial charge in [-0.25, -0.2) is 9.59 Å². The number of aromatic amines is 1.